The summed E-state index contributed by atoms with van der Waals surface area (Å²) in [6.07, 6.45) is 3.05. The summed E-state index contributed by atoms with van der Waals surface area (Å²) in [4.78, 5) is 26.0. The van der Waals surface area contributed by atoms with Gasteiger partial charge in [0.1, 0.15) is 17.3 Å². The van der Waals surface area contributed by atoms with Crippen LogP contribution in [0, 0.1) is 19.7 Å². The number of carbonyl (C=O) groups excluding carboxylic acids is 2. The van der Waals surface area contributed by atoms with E-state index in [9.17, 15) is 14.0 Å². The number of amides is 2. The lowest BCUT2D eigenvalue weighted by Crippen LogP contribution is -2.15. The zero-order valence-corrected chi connectivity index (χ0v) is 20.2. The number of aryl methyl sites for hydroxylation is 2. The molecule has 0 atom stereocenters. The normalized spacial score (nSPS) is 10.8. The summed E-state index contributed by atoms with van der Waals surface area (Å²) < 4.78 is 21.3. The first-order valence-electron chi connectivity index (χ1n) is 11.6. The Morgan fingerprint density at radius 2 is 1.65 bits per heavy atom. The number of carbonyl (C=O) groups is 2. The molecule has 3 aromatic carbocycles. The molecule has 2 N–H and O–H groups in total. The standard InChI is InChI=1S/C29H23FN4O3/c1-18-7-6-8-20(15-18)27-24(17-34(33-27)22-9-4-3-5-10-22)29(36)31-21-11-12-25(30)26(16-21)32-28(35)23-13-14-37-19(23)2/h3-17H,1-2H3,(H,31,36)(H,32,35). The first-order chi connectivity index (χ1) is 17.9. The lowest BCUT2D eigenvalue weighted by atomic mass is 10.1. The number of hydrogen-bond acceptors (Lipinski definition) is 4. The van der Waals surface area contributed by atoms with Gasteiger partial charge in [0.15, 0.2) is 0 Å². The average molecular weight is 495 g/mol. The second-order valence-electron chi connectivity index (χ2n) is 8.53. The Morgan fingerprint density at radius 1 is 0.865 bits per heavy atom. The van der Waals surface area contributed by atoms with Gasteiger partial charge >= 0.3 is 0 Å². The SMILES string of the molecule is Cc1cccc(-c2nn(-c3ccccc3)cc2C(=O)Nc2ccc(F)c(NC(=O)c3ccoc3C)c2)c1. The highest BCUT2D eigenvalue weighted by atomic mass is 19.1. The monoisotopic (exact) mass is 494 g/mol. The van der Waals surface area contributed by atoms with Crippen molar-refractivity contribution in [1.29, 1.82) is 0 Å². The summed E-state index contributed by atoms with van der Waals surface area (Å²) in [6, 6.07) is 22.7. The molecule has 0 spiro atoms. The largest absolute Gasteiger partial charge is 0.469 e. The van der Waals surface area contributed by atoms with E-state index in [1.54, 1.807) is 17.8 Å². The van der Waals surface area contributed by atoms with Crippen molar-refractivity contribution >= 4 is 23.2 Å². The van der Waals surface area contributed by atoms with Crippen LogP contribution in [0.25, 0.3) is 16.9 Å². The van der Waals surface area contributed by atoms with E-state index in [4.69, 9.17) is 9.52 Å². The number of anilines is 2. The molecule has 37 heavy (non-hydrogen) atoms. The third kappa shape index (κ3) is 5.04. The summed E-state index contributed by atoms with van der Waals surface area (Å²) in [5, 5.41) is 10.0. The zero-order chi connectivity index (χ0) is 25.9. The molecule has 2 amide bonds. The van der Waals surface area contributed by atoms with Crippen LogP contribution in [-0.4, -0.2) is 21.6 Å². The van der Waals surface area contributed by atoms with E-state index < -0.39 is 17.6 Å². The number of rotatable bonds is 6. The highest BCUT2D eigenvalue weighted by Crippen LogP contribution is 2.27. The average Bonchev–Trinajstić information content (AvgIpc) is 3.53. The summed E-state index contributed by atoms with van der Waals surface area (Å²) in [5.41, 5.74) is 4.03. The van der Waals surface area contributed by atoms with E-state index in [2.05, 4.69) is 10.6 Å². The first-order valence-corrected chi connectivity index (χ1v) is 11.6. The van der Waals surface area contributed by atoms with Gasteiger partial charge in [-0.3, -0.25) is 9.59 Å². The Balaban J connectivity index is 1.46. The Labute approximate surface area is 212 Å². The van der Waals surface area contributed by atoms with Crippen molar-refractivity contribution in [2.45, 2.75) is 13.8 Å². The van der Waals surface area contributed by atoms with Crippen molar-refractivity contribution in [2.75, 3.05) is 10.6 Å². The molecule has 0 saturated heterocycles. The van der Waals surface area contributed by atoms with E-state index in [1.165, 1.54) is 30.5 Å². The van der Waals surface area contributed by atoms with Crippen LogP contribution in [0.1, 0.15) is 32.0 Å². The van der Waals surface area contributed by atoms with Gasteiger partial charge in [-0.1, -0.05) is 42.0 Å². The van der Waals surface area contributed by atoms with Crippen molar-refractivity contribution in [2.24, 2.45) is 0 Å². The maximum atomic E-state index is 14.5. The van der Waals surface area contributed by atoms with Crippen LogP contribution in [0.15, 0.2) is 95.7 Å². The minimum Gasteiger partial charge on any atom is -0.469 e. The fraction of sp³-hybridized carbons (Fsp3) is 0.0690. The van der Waals surface area contributed by atoms with Gasteiger partial charge < -0.3 is 15.1 Å². The van der Waals surface area contributed by atoms with E-state index in [-0.39, 0.29) is 5.69 Å². The quantitative estimate of drug-likeness (QED) is 0.286. The summed E-state index contributed by atoms with van der Waals surface area (Å²) in [6.45, 7) is 3.61. The Bertz CT molecular complexity index is 1600. The highest BCUT2D eigenvalue weighted by molar-refractivity contribution is 6.09. The number of halogens is 1. The van der Waals surface area contributed by atoms with Gasteiger partial charge in [0.05, 0.1) is 28.8 Å². The molecule has 0 fully saturated rings. The van der Waals surface area contributed by atoms with Crippen LogP contribution in [0.4, 0.5) is 15.8 Å². The predicted molar refractivity (Wildman–Crippen MR) is 139 cm³/mol. The molecule has 8 heteroatoms. The van der Waals surface area contributed by atoms with Crippen LogP contribution in [0.2, 0.25) is 0 Å². The maximum absolute atomic E-state index is 14.5. The van der Waals surface area contributed by atoms with Crippen molar-refractivity contribution in [3.05, 3.63) is 120 Å². The number of hydrogen-bond donors (Lipinski definition) is 2. The van der Waals surface area contributed by atoms with Crippen LogP contribution in [0.3, 0.4) is 0 Å². The van der Waals surface area contributed by atoms with Crippen LogP contribution in [-0.2, 0) is 0 Å². The molecule has 5 aromatic rings. The fourth-order valence-electron chi connectivity index (χ4n) is 3.97. The number of aromatic nitrogens is 2. The third-order valence-corrected chi connectivity index (χ3v) is 5.85. The zero-order valence-electron chi connectivity index (χ0n) is 20.2. The lowest BCUT2D eigenvalue weighted by molar-refractivity contribution is 0.101. The van der Waals surface area contributed by atoms with Gasteiger partial charge in [0, 0.05) is 17.4 Å². The van der Waals surface area contributed by atoms with Crippen molar-refractivity contribution in [1.82, 2.24) is 9.78 Å². The lowest BCUT2D eigenvalue weighted by Gasteiger charge is -2.10. The predicted octanol–water partition coefficient (Wildman–Crippen LogP) is 6.39. The van der Waals surface area contributed by atoms with E-state index in [0.717, 1.165) is 16.8 Å². The molecule has 0 aliphatic heterocycles. The van der Waals surface area contributed by atoms with E-state index in [0.29, 0.717) is 28.3 Å². The van der Waals surface area contributed by atoms with Gasteiger partial charge in [0.2, 0.25) is 0 Å². The van der Waals surface area contributed by atoms with Crippen molar-refractivity contribution in [3.63, 3.8) is 0 Å². The van der Waals surface area contributed by atoms with Gasteiger partial charge in [0.25, 0.3) is 11.8 Å². The molecule has 0 aliphatic carbocycles. The molecular weight excluding hydrogens is 471 g/mol. The Morgan fingerprint density at radius 3 is 2.38 bits per heavy atom. The molecule has 2 aromatic heterocycles. The first kappa shape index (κ1) is 23.7. The number of benzene rings is 3. The number of furan rings is 1. The van der Waals surface area contributed by atoms with Crippen molar-refractivity contribution < 1.29 is 18.4 Å². The molecule has 0 bridgehead atoms. The van der Waals surface area contributed by atoms with Crippen LogP contribution in [0.5, 0.6) is 0 Å². The summed E-state index contributed by atoms with van der Waals surface area (Å²) in [5.74, 6) is -1.15. The van der Waals surface area contributed by atoms with Gasteiger partial charge in [-0.15, -0.1) is 0 Å². The molecule has 0 saturated carbocycles. The van der Waals surface area contributed by atoms with Gasteiger partial charge in [-0.25, -0.2) is 9.07 Å². The van der Waals surface area contributed by atoms with Crippen molar-refractivity contribution in [3.8, 4) is 16.9 Å². The van der Waals surface area contributed by atoms with Crippen LogP contribution < -0.4 is 10.6 Å². The Hall–Kier alpha value is -4.98. The van der Waals surface area contributed by atoms with Gasteiger partial charge in [-0.05, 0) is 56.3 Å². The summed E-state index contributed by atoms with van der Waals surface area (Å²) in [7, 11) is 0. The number of nitrogens with one attached hydrogen (secondary N) is 2. The molecule has 0 aliphatic rings. The second-order valence-corrected chi connectivity index (χ2v) is 8.53. The number of para-hydroxylation sites is 1. The minimum atomic E-state index is -0.634. The smallest absolute Gasteiger partial charge is 0.259 e. The molecule has 184 valence electrons. The molecule has 2 heterocycles. The Kier molecular flexibility index (Phi) is 6.38. The topological polar surface area (TPSA) is 89.2 Å². The molecule has 7 nitrogen and oxygen atoms in total. The summed E-state index contributed by atoms with van der Waals surface area (Å²) >= 11 is 0. The van der Waals surface area contributed by atoms with Gasteiger partial charge in [-0.2, -0.15) is 5.10 Å². The molecular formula is C29H23FN4O3. The third-order valence-electron chi connectivity index (χ3n) is 5.85. The highest BCUT2D eigenvalue weighted by Gasteiger charge is 2.20. The fourth-order valence-corrected chi connectivity index (χ4v) is 3.97. The van der Waals surface area contributed by atoms with E-state index >= 15 is 0 Å². The maximum Gasteiger partial charge on any atom is 0.259 e. The minimum absolute atomic E-state index is 0.0673. The molecule has 0 unspecified atom stereocenters. The van der Waals surface area contributed by atoms with E-state index in [1.807, 2.05) is 61.5 Å². The molecule has 5 rings (SSSR count). The van der Waals surface area contributed by atoms with Crippen LogP contribution >= 0.6 is 0 Å². The number of nitrogens with zero attached hydrogens (tertiary/aromatic N) is 2. The second kappa shape index (κ2) is 9.94. The molecule has 0 radical (unpaired) electrons.